The van der Waals surface area contributed by atoms with Crippen molar-refractivity contribution in [2.24, 2.45) is 34.1 Å². The van der Waals surface area contributed by atoms with E-state index in [0.29, 0.717) is 11.4 Å². The van der Waals surface area contributed by atoms with Gasteiger partial charge in [0.1, 0.15) is 22.6 Å². The fourth-order valence-electron chi connectivity index (χ4n) is 6.13. The molecule has 0 unspecified atom stereocenters. The van der Waals surface area contributed by atoms with E-state index < -0.39 is 0 Å². The lowest BCUT2D eigenvalue weighted by Crippen LogP contribution is -2.24. The van der Waals surface area contributed by atoms with Crippen LogP contribution in [0.2, 0.25) is 0 Å². The van der Waals surface area contributed by atoms with Gasteiger partial charge in [-0.05, 0) is 13.8 Å². The molecule has 0 saturated heterocycles. The second-order valence-corrected chi connectivity index (χ2v) is 11.1. The maximum absolute atomic E-state index is 5.21. The minimum absolute atomic E-state index is 0.649. The normalized spacial score (nSPS) is 17.6. The molecule has 7 rings (SSSR count). The summed E-state index contributed by atoms with van der Waals surface area (Å²) in [5, 5.41) is 4.07. The van der Waals surface area contributed by atoms with Crippen LogP contribution in [0.5, 0.6) is 0 Å². The molecule has 6 heteroatoms. The molecule has 214 valence electrons. The lowest BCUT2D eigenvalue weighted by Gasteiger charge is -2.11. The average molecular weight is 573 g/mol. The first-order chi connectivity index (χ1) is 21.3. The molecule has 0 atom stereocenters. The zero-order chi connectivity index (χ0) is 30.5. The number of nitrogens with zero attached hydrogens (tertiary/aromatic N) is 6. The number of benzene rings is 4. The van der Waals surface area contributed by atoms with Crippen molar-refractivity contribution < 1.29 is 0 Å². The van der Waals surface area contributed by atoms with E-state index in [1.54, 1.807) is 0 Å². The number of aromatic nitrogens is 2. The Balaban J connectivity index is 1.60. The summed E-state index contributed by atoms with van der Waals surface area (Å²) in [4.78, 5) is 20.7. The van der Waals surface area contributed by atoms with Crippen LogP contribution >= 0.6 is 0 Å². The number of aliphatic imine (C=N–C) groups is 2. The van der Waals surface area contributed by atoms with Crippen LogP contribution in [-0.2, 0) is 14.1 Å². The van der Waals surface area contributed by atoms with Gasteiger partial charge in [0.2, 0.25) is 0 Å². The summed E-state index contributed by atoms with van der Waals surface area (Å²) >= 11 is 0. The fourth-order valence-corrected chi connectivity index (χ4v) is 6.13. The molecule has 0 N–H and O–H groups in total. The maximum atomic E-state index is 5.21. The summed E-state index contributed by atoms with van der Waals surface area (Å²) in [5.41, 5.74) is 8.38. The van der Waals surface area contributed by atoms with Crippen LogP contribution in [0.4, 0.5) is 11.6 Å². The molecule has 1 aliphatic rings. The van der Waals surface area contributed by atoms with Crippen LogP contribution in [-0.4, -0.2) is 20.6 Å². The molecule has 3 heterocycles. The minimum atomic E-state index is 0.649. The van der Waals surface area contributed by atoms with Crippen molar-refractivity contribution in [3.63, 3.8) is 0 Å². The molecule has 0 amide bonds. The Hall–Kier alpha value is -5.62. The van der Waals surface area contributed by atoms with Gasteiger partial charge in [0.25, 0.3) is 0 Å². The predicted molar refractivity (Wildman–Crippen MR) is 183 cm³/mol. The van der Waals surface area contributed by atoms with Crippen molar-refractivity contribution in [1.82, 2.24) is 9.13 Å². The second kappa shape index (κ2) is 10.6. The Morgan fingerprint density at radius 2 is 0.773 bits per heavy atom. The van der Waals surface area contributed by atoms with Gasteiger partial charge in [-0.25, -0.2) is 20.0 Å². The van der Waals surface area contributed by atoms with Crippen LogP contribution in [0.25, 0.3) is 32.9 Å². The Morgan fingerprint density at radius 3 is 1.18 bits per heavy atom. The molecule has 0 saturated carbocycles. The van der Waals surface area contributed by atoms with E-state index in [9.17, 15) is 0 Å². The first-order valence-corrected chi connectivity index (χ1v) is 14.6. The summed E-state index contributed by atoms with van der Waals surface area (Å²) in [6.45, 7) is 12.9. The minimum Gasteiger partial charge on any atom is -0.313 e. The Kier molecular flexibility index (Phi) is 6.55. The molecular formula is C38H32N6. The Labute approximate surface area is 256 Å². The highest BCUT2D eigenvalue weighted by Gasteiger charge is 2.18. The van der Waals surface area contributed by atoms with Gasteiger partial charge in [0.15, 0.2) is 0 Å². The molecule has 4 aromatic carbocycles. The molecule has 0 fully saturated rings. The number of hydrogen-bond acceptors (Lipinski definition) is 4. The van der Waals surface area contributed by atoms with Crippen molar-refractivity contribution in [3.8, 4) is 0 Å². The van der Waals surface area contributed by atoms with Gasteiger partial charge in [0, 0.05) is 69.3 Å². The summed E-state index contributed by atoms with van der Waals surface area (Å²) in [6.07, 6.45) is 0. The SMILES string of the molecule is C=C1/N=c2/c3ccccc3/c(n2C)=N/C(=C)c2ccccc2/C(C)=N/c2c3ccccc3c(n2C)/N=C(\C)c2ccccc21. The zero-order valence-corrected chi connectivity index (χ0v) is 25.3. The highest BCUT2D eigenvalue weighted by atomic mass is 15.1. The van der Waals surface area contributed by atoms with Gasteiger partial charge in [-0.15, -0.1) is 0 Å². The van der Waals surface area contributed by atoms with Crippen LogP contribution in [0, 0.1) is 0 Å². The van der Waals surface area contributed by atoms with Gasteiger partial charge in [-0.1, -0.05) is 110 Å². The van der Waals surface area contributed by atoms with Crippen LogP contribution in [0.1, 0.15) is 36.1 Å². The first-order valence-electron chi connectivity index (χ1n) is 14.6. The quantitative estimate of drug-likeness (QED) is 0.178. The monoisotopic (exact) mass is 572 g/mol. The molecule has 0 spiro atoms. The number of hydrogen-bond donors (Lipinski definition) is 0. The summed E-state index contributed by atoms with van der Waals surface area (Å²) < 4.78 is 4.09. The van der Waals surface area contributed by atoms with Gasteiger partial charge < -0.3 is 9.13 Å². The first kappa shape index (κ1) is 27.2. The van der Waals surface area contributed by atoms with Gasteiger partial charge >= 0.3 is 0 Å². The number of fused-ring (bicyclic) bond motifs is 12. The van der Waals surface area contributed by atoms with Crippen molar-refractivity contribution in [1.29, 1.82) is 0 Å². The topological polar surface area (TPSA) is 59.3 Å². The summed E-state index contributed by atoms with van der Waals surface area (Å²) in [5.74, 6) is 1.68. The molecule has 0 aliphatic carbocycles. The molecular weight excluding hydrogens is 540 g/mol. The molecule has 0 radical (unpaired) electrons. The predicted octanol–water partition coefficient (Wildman–Crippen LogP) is 7.85. The van der Waals surface area contributed by atoms with E-state index in [1.807, 2.05) is 81.0 Å². The van der Waals surface area contributed by atoms with Crippen molar-refractivity contribution in [2.75, 3.05) is 0 Å². The third-order valence-corrected chi connectivity index (χ3v) is 8.37. The summed E-state index contributed by atoms with van der Waals surface area (Å²) in [6, 6.07) is 32.8. The maximum Gasteiger partial charge on any atom is 0.142 e. The molecule has 4 bridgehead atoms. The number of rotatable bonds is 0. The van der Waals surface area contributed by atoms with E-state index in [0.717, 1.165) is 77.8 Å². The third-order valence-electron chi connectivity index (χ3n) is 8.37. The molecule has 6 nitrogen and oxygen atoms in total. The average Bonchev–Trinajstić information content (AvgIpc) is 3.46. The van der Waals surface area contributed by atoms with Gasteiger partial charge in [-0.3, -0.25) is 0 Å². The van der Waals surface area contributed by atoms with E-state index in [4.69, 9.17) is 20.0 Å². The van der Waals surface area contributed by atoms with E-state index in [-0.39, 0.29) is 0 Å². The van der Waals surface area contributed by atoms with Crippen molar-refractivity contribution in [3.05, 3.63) is 143 Å². The Bertz CT molecular complexity index is 2200. The smallest absolute Gasteiger partial charge is 0.142 e. The van der Waals surface area contributed by atoms with Crippen LogP contribution in [0.15, 0.2) is 130 Å². The molecule has 1 aliphatic heterocycles. The van der Waals surface area contributed by atoms with Gasteiger partial charge in [0.05, 0.1) is 11.4 Å². The summed E-state index contributed by atoms with van der Waals surface area (Å²) in [7, 11) is 4.01. The van der Waals surface area contributed by atoms with Gasteiger partial charge in [-0.2, -0.15) is 0 Å². The molecule has 44 heavy (non-hydrogen) atoms. The highest BCUT2D eigenvalue weighted by molar-refractivity contribution is 6.10. The molecule has 2 aromatic heterocycles. The second-order valence-electron chi connectivity index (χ2n) is 11.1. The largest absolute Gasteiger partial charge is 0.313 e. The zero-order valence-electron chi connectivity index (χ0n) is 25.3. The van der Waals surface area contributed by atoms with Crippen LogP contribution < -0.4 is 11.0 Å². The van der Waals surface area contributed by atoms with Crippen LogP contribution in [0.3, 0.4) is 0 Å². The third kappa shape index (κ3) is 4.34. The standard InChI is InChI=1S/C38H32N6/c1-23-27-15-7-8-16-28(27)24(2)40-37-33-21-13-14-22-34(33)38(44(37)6)42-26(4)30-18-10-9-17-29(30)25(3)41-36-32-20-12-11-19-31(32)35(39-23)43(36)5/h7-22H,1,3H2,2,4-6H3/b39-35-,40-24+,41-36-,42-26+. The molecule has 6 aromatic rings. The highest BCUT2D eigenvalue weighted by Crippen LogP contribution is 2.38. The fraction of sp³-hybridized carbons (Fsp3) is 0.105. The van der Waals surface area contributed by atoms with E-state index in [2.05, 4.69) is 66.3 Å². The Morgan fingerprint density at radius 1 is 0.432 bits per heavy atom. The lowest BCUT2D eigenvalue weighted by atomic mass is 10.0. The van der Waals surface area contributed by atoms with Crippen molar-refractivity contribution >= 4 is 56.0 Å². The van der Waals surface area contributed by atoms with E-state index >= 15 is 0 Å². The van der Waals surface area contributed by atoms with E-state index in [1.165, 1.54) is 0 Å². The lowest BCUT2D eigenvalue weighted by molar-refractivity contribution is 0.817. The van der Waals surface area contributed by atoms with Crippen molar-refractivity contribution in [2.45, 2.75) is 13.8 Å².